The van der Waals surface area contributed by atoms with Crippen molar-refractivity contribution in [2.75, 3.05) is 0 Å². The van der Waals surface area contributed by atoms with Crippen molar-refractivity contribution in [3.05, 3.63) is 8.84 Å². The van der Waals surface area contributed by atoms with Gasteiger partial charge in [0.25, 0.3) is 0 Å². The first-order valence-electron chi connectivity index (χ1n) is 2.72. The molecule has 0 unspecified atom stereocenters. The molecule has 0 aliphatic rings. The average molecular weight is 314 g/mol. The van der Waals surface area contributed by atoms with Gasteiger partial charge in [-0.05, 0) is 0 Å². The molecule has 0 fully saturated rings. The van der Waals surface area contributed by atoms with Crippen LogP contribution in [-0.4, -0.2) is 5.97 Å². The summed E-state index contributed by atoms with van der Waals surface area (Å²) in [5, 5.41) is 0. The Labute approximate surface area is 71.2 Å². The van der Waals surface area contributed by atoms with Crippen molar-refractivity contribution in [3.63, 3.8) is 0 Å². The van der Waals surface area contributed by atoms with Crippen LogP contribution in [0.5, 0.6) is 0 Å². The van der Waals surface area contributed by atoms with E-state index in [0.717, 1.165) is 5.76 Å². The van der Waals surface area contributed by atoms with Crippen LogP contribution in [0.3, 0.4) is 0 Å². The van der Waals surface area contributed by atoms with E-state index >= 15 is 0 Å². The second-order valence-corrected chi connectivity index (χ2v) is 6.05. The van der Waals surface area contributed by atoms with Crippen molar-refractivity contribution in [2.45, 2.75) is 20.8 Å². The average Bonchev–Trinajstić information content (AvgIpc) is 1.63. The van der Waals surface area contributed by atoms with Gasteiger partial charge in [0.1, 0.15) is 0 Å². The fourth-order valence-corrected chi connectivity index (χ4v) is 0.583. The van der Waals surface area contributed by atoms with Gasteiger partial charge < -0.3 is 0 Å². The molecule has 0 saturated heterocycles. The van der Waals surface area contributed by atoms with Crippen molar-refractivity contribution >= 4 is 5.97 Å². The first-order chi connectivity index (χ1) is 4.04. The summed E-state index contributed by atoms with van der Waals surface area (Å²) in [6.07, 6.45) is 0. The van der Waals surface area contributed by atoms with Crippen molar-refractivity contribution in [2.24, 2.45) is 0 Å². The summed E-state index contributed by atoms with van der Waals surface area (Å²) in [5.74, 6) is 0.558. The van der Waals surface area contributed by atoms with Gasteiger partial charge in [0, 0.05) is 0 Å². The van der Waals surface area contributed by atoms with Crippen LogP contribution < -0.4 is 0 Å². The molecule has 0 aromatic rings. The van der Waals surface area contributed by atoms with Crippen molar-refractivity contribution in [1.29, 1.82) is 0 Å². The Morgan fingerprint density at radius 2 is 1.78 bits per heavy atom. The van der Waals surface area contributed by atoms with Crippen molar-refractivity contribution in [1.82, 2.24) is 0 Å². The van der Waals surface area contributed by atoms with Gasteiger partial charge in [-0.25, -0.2) is 0 Å². The van der Waals surface area contributed by atoms with Crippen LogP contribution in [0.25, 0.3) is 0 Å². The SMILES string of the molecule is CC(=O)O/C(C)=[C](\C)[Hg]. The Morgan fingerprint density at radius 3 is 1.89 bits per heavy atom. The molecule has 0 aliphatic heterocycles. The molecule has 47 valence electrons. The molecule has 0 heterocycles. The first kappa shape index (κ1) is 9.15. The predicted molar refractivity (Wildman–Crippen MR) is 30.1 cm³/mol. The molecule has 0 rings (SSSR count). The van der Waals surface area contributed by atoms with Crippen LogP contribution in [0.15, 0.2) is 8.84 Å². The number of ether oxygens (including phenoxy) is 1. The van der Waals surface area contributed by atoms with E-state index in [2.05, 4.69) is 0 Å². The maximum absolute atomic E-state index is 10.3. The summed E-state index contributed by atoms with van der Waals surface area (Å²) in [7, 11) is 0. The third kappa shape index (κ3) is 4.64. The Morgan fingerprint density at radius 1 is 1.33 bits per heavy atom. The Bertz CT molecular complexity index is 145. The molecule has 0 amide bonds. The third-order valence-electron chi connectivity index (χ3n) is 0.898. The zero-order chi connectivity index (χ0) is 7.44. The fourth-order valence-electron chi connectivity index (χ4n) is 0.303. The van der Waals surface area contributed by atoms with Gasteiger partial charge in [0.2, 0.25) is 0 Å². The van der Waals surface area contributed by atoms with Gasteiger partial charge in [-0.15, -0.1) is 0 Å². The van der Waals surface area contributed by atoms with Gasteiger partial charge in [0.05, 0.1) is 0 Å². The number of allylic oxidation sites excluding steroid dienone is 2. The van der Waals surface area contributed by atoms with Gasteiger partial charge in [-0.2, -0.15) is 0 Å². The van der Waals surface area contributed by atoms with Gasteiger partial charge in [-0.3, -0.25) is 0 Å². The van der Waals surface area contributed by atoms with Gasteiger partial charge in [0.15, 0.2) is 0 Å². The van der Waals surface area contributed by atoms with Crippen LogP contribution in [0.4, 0.5) is 0 Å². The molecular weight excluding hydrogens is 305 g/mol. The summed E-state index contributed by atoms with van der Waals surface area (Å²) in [5.41, 5.74) is 0. The van der Waals surface area contributed by atoms with Crippen LogP contribution in [0.2, 0.25) is 0 Å². The van der Waals surface area contributed by atoms with E-state index in [0.29, 0.717) is 26.1 Å². The number of rotatable bonds is 1. The normalized spacial score (nSPS) is 12.6. The number of esters is 1. The molecular formula is C6H9HgO2. The zero-order valence-electron chi connectivity index (χ0n) is 6.02. The molecule has 0 bridgehead atoms. The molecule has 0 aliphatic carbocycles. The van der Waals surface area contributed by atoms with E-state index in [9.17, 15) is 4.79 Å². The molecule has 0 N–H and O–H groups in total. The molecule has 9 heavy (non-hydrogen) atoms. The number of hydrogen-bond acceptors (Lipinski definition) is 2. The monoisotopic (exact) mass is 315 g/mol. The summed E-state index contributed by atoms with van der Waals surface area (Å²) in [6, 6.07) is 0. The number of carbonyl (C=O) groups is 1. The summed E-state index contributed by atoms with van der Waals surface area (Å²) in [6.45, 7) is 5.23. The summed E-state index contributed by atoms with van der Waals surface area (Å²) in [4.78, 5) is 10.3. The van der Waals surface area contributed by atoms with Crippen LogP contribution in [0.1, 0.15) is 20.8 Å². The minimum atomic E-state index is -0.225. The van der Waals surface area contributed by atoms with Crippen LogP contribution in [0, 0.1) is 0 Å². The number of hydrogen-bond donors (Lipinski definition) is 0. The fraction of sp³-hybridized carbons (Fsp3) is 0.500. The maximum atomic E-state index is 10.3. The van der Waals surface area contributed by atoms with Crippen molar-refractivity contribution in [3.8, 4) is 0 Å². The molecule has 2 nitrogen and oxygen atoms in total. The van der Waals surface area contributed by atoms with E-state index < -0.39 is 0 Å². The summed E-state index contributed by atoms with van der Waals surface area (Å²) < 4.78 is 6.03. The van der Waals surface area contributed by atoms with Gasteiger partial charge >= 0.3 is 71.2 Å². The Balaban J connectivity index is 3.92. The second kappa shape index (κ2) is 4.04. The first-order valence-corrected chi connectivity index (χ1v) is 5.46. The Kier molecular flexibility index (Phi) is 4.11. The molecule has 0 atom stereocenters. The Hall–Kier alpha value is 0.145. The van der Waals surface area contributed by atoms with Crippen LogP contribution in [-0.2, 0) is 35.7 Å². The van der Waals surface area contributed by atoms with E-state index in [1.807, 2.05) is 13.8 Å². The molecule has 0 aromatic carbocycles. The van der Waals surface area contributed by atoms with E-state index in [1.165, 1.54) is 10.0 Å². The second-order valence-electron chi connectivity index (χ2n) is 1.93. The molecule has 3 heteroatoms. The van der Waals surface area contributed by atoms with Crippen molar-refractivity contribution < 1.29 is 35.7 Å². The standard InChI is InChI=1S/C6H9O2.Hg/c1-4-5(2)8-6(3)7;/h1-3H3;. The zero-order valence-corrected chi connectivity index (χ0v) is 11.5. The quantitative estimate of drug-likeness (QED) is 0.415. The van der Waals surface area contributed by atoms with E-state index in [-0.39, 0.29) is 5.97 Å². The van der Waals surface area contributed by atoms with E-state index in [1.54, 1.807) is 0 Å². The molecule has 0 spiro atoms. The molecule has 0 aromatic heterocycles. The topological polar surface area (TPSA) is 26.3 Å². The third-order valence-corrected chi connectivity index (χ3v) is 2.83. The van der Waals surface area contributed by atoms with E-state index in [4.69, 9.17) is 4.74 Å². The summed E-state index contributed by atoms with van der Waals surface area (Å²) >= 11 is 0.584. The minimum absolute atomic E-state index is 0.225. The number of carbonyl (C=O) groups excluding carboxylic acids is 1. The predicted octanol–water partition coefficient (Wildman–Crippen LogP) is 1.35. The van der Waals surface area contributed by atoms with Crippen LogP contribution >= 0.6 is 0 Å². The molecule has 0 saturated carbocycles. The molecule has 0 radical (unpaired) electrons. The van der Waals surface area contributed by atoms with Gasteiger partial charge in [-0.1, -0.05) is 0 Å².